The molecule has 0 aliphatic carbocycles. The predicted molar refractivity (Wildman–Crippen MR) is 75.7 cm³/mol. The summed E-state index contributed by atoms with van der Waals surface area (Å²) in [4.78, 5) is 2.07. The number of benzene rings is 1. The maximum Gasteiger partial charge on any atom is 0.131 e. The number of hydrogen-bond donors (Lipinski definition) is 2. The van der Waals surface area contributed by atoms with Crippen LogP contribution >= 0.6 is 11.6 Å². The van der Waals surface area contributed by atoms with E-state index in [4.69, 9.17) is 27.5 Å². The zero-order valence-electron chi connectivity index (χ0n) is 11.2. The van der Waals surface area contributed by atoms with Crippen molar-refractivity contribution in [1.29, 1.82) is 5.41 Å². The van der Waals surface area contributed by atoms with Gasteiger partial charge in [0.05, 0.1) is 5.56 Å². The molecule has 0 amide bonds. The van der Waals surface area contributed by atoms with Crippen LogP contribution in [0.3, 0.4) is 0 Å². The van der Waals surface area contributed by atoms with Crippen LogP contribution in [0.2, 0.25) is 5.02 Å². The Bertz CT molecular complexity index is 444. The minimum atomic E-state index is -0.115. The number of ether oxygens (including phenoxy) is 1. The third kappa shape index (κ3) is 3.62. The molecular formula is C13H20ClN3O. The smallest absolute Gasteiger partial charge is 0.131 e. The van der Waals surface area contributed by atoms with Crippen molar-refractivity contribution in [2.75, 3.05) is 20.7 Å². The van der Waals surface area contributed by atoms with Gasteiger partial charge in [0.15, 0.2) is 0 Å². The highest BCUT2D eigenvalue weighted by atomic mass is 35.5. The molecule has 0 saturated heterocycles. The minimum absolute atomic E-state index is 0.0238. The molecule has 0 aliphatic heterocycles. The van der Waals surface area contributed by atoms with E-state index in [0.29, 0.717) is 22.9 Å². The second kappa shape index (κ2) is 5.59. The van der Waals surface area contributed by atoms with E-state index in [1.165, 1.54) is 0 Å². The number of nitrogens with zero attached hydrogens (tertiary/aromatic N) is 1. The molecule has 100 valence electrons. The van der Waals surface area contributed by atoms with Gasteiger partial charge in [-0.25, -0.2) is 0 Å². The molecule has 1 aromatic carbocycles. The van der Waals surface area contributed by atoms with Crippen molar-refractivity contribution < 1.29 is 4.74 Å². The molecule has 0 heterocycles. The van der Waals surface area contributed by atoms with Gasteiger partial charge in [0.2, 0.25) is 0 Å². The lowest BCUT2D eigenvalue weighted by Gasteiger charge is -2.32. The molecule has 0 spiro atoms. The summed E-state index contributed by atoms with van der Waals surface area (Å²) in [6.45, 7) is 4.64. The Labute approximate surface area is 113 Å². The van der Waals surface area contributed by atoms with Crippen molar-refractivity contribution in [3.8, 4) is 5.75 Å². The fraction of sp³-hybridized carbons (Fsp3) is 0.462. The molecule has 5 heteroatoms. The zero-order chi connectivity index (χ0) is 13.9. The Morgan fingerprint density at radius 1 is 1.44 bits per heavy atom. The van der Waals surface area contributed by atoms with Crippen molar-refractivity contribution in [1.82, 2.24) is 4.90 Å². The molecule has 0 unspecified atom stereocenters. The molecule has 0 aromatic heterocycles. The zero-order valence-corrected chi connectivity index (χ0v) is 12.0. The molecule has 4 nitrogen and oxygen atoms in total. The Balaban J connectivity index is 2.90. The summed E-state index contributed by atoms with van der Waals surface area (Å²) >= 11 is 5.93. The molecule has 0 saturated carbocycles. The molecule has 18 heavy (non-hydrogen) atoms. The fourth-order valence-corrected chi connectivity index (χ4v) is 1.38. The number of nitrogen functional groups attached to an aromatic ring is 1. The van der Waals surface area contributed by atoms with Gasteiger partial charge in [-0.15, -0.1) is 0 Å². The number of amidine groups is 1. The lowest BCUT2D eigenvalue weighted by atomic mass is 10.1. The first-order chi connectivity index (χ1) is 8.24. The van der Waals surface area contributed by atoms with Crippen LogP contribution in [0.25, 0.3) is 0 Å². The first-order valence-corrected chi connectivity index (χ1v) is 6.06. The van der Waals surface area contributed by atoms with Crippen LogP contribution in [0.1, 0.15) is 19.4 Å². The summed E-state index contributed by atoms with van der Waals surface area (Å²) < 4.78 is 5.76. The van der Waals surface area contributed by atoms with E-state index < -0.39 is 0 Å². The lowest BCUT2D eigenvalue weighted by molar-refractivity contribution is 0.114. The monoisotopic (exact) mass is 269 g/mol. The summed E-state index contributed by atoms with van der Waals surface area (Å²) in [6, 6.07) is 5.08. The Hall–Kier alpha value is -1.26. The Kier molecular flexibility index (Phi) is 4.59. The van der Waals surface area contributed by atoms with Crippen molar-refractivity contribution in [2.45, 2.75) is 19.4 Å². The molecule has 3 N–H and O–H groups in total. The Morgan fingerprint density at radius 3 is 2.56 bits per heavy atom. The van der Waals surface area contributed by atoms with Crippen LogP contribution < -0.4 is 10.5 Å². The number of halogens is 1. The van der Waals surface area contributed by atoms with Crippen LogP contribution in [0.5, 0.6) is 5.75 Å². The van der Waals surface area contributed by atoms with Gasteiger partial charge in [0, 0.05) is 10.6 Å². The highest BCUT2D eigenvalue weighted by Crippen LogP contribution is 2.24. The van der Waals surface area contributed by atoms with Gasteiger partial charge in [-0.05, 0) is 46.1 Å². The maximum absolute atomic E-state index is 7.51. The van der Waals surface area contributed by atoms with Crippen LogP contribution in [0.15, 0.2) is 18.2 Å². The molecule has 1 rings (SSSR count). The first-order valence-electron chi connectivity index (χ1n) is 5.68. The third-order valence-electron chi connectivity index (χ3n) is 3.03. The molecule has 0 fully saturated rings. The number of nitrogens with two attached hydrogens (primary N) is 1. The fourth-order valence-electron chi connectivity index (χ4n) is 1.22. The number of nitrogens with one attached hydrogen (secondary N) is 1. The van der Waals surface area contributed by atoms with Gasteiger partial charge in [0.1, 0.15) is 18.2 Å². The first kappa shape index (κ1) is 14.8. The van der Waals surface area contributed by atoms with Gasteiger partial charge >= 0.3 is 0 Å². The largest absolute Gasteiger partial charge is 0.491 e. The van der Waals surface area contributed by atoms with Gasteiger partial charge < -0.3 is 15.4 Å². The highest BCUT2D eigenvalue weighted by molar-refractivity contribution is 6.30. The Morgan fingerprint density at radius 2 is 2.06 bits per heavy atom. The average molecular weight is 270 g/mol. The highest BCUT2D eigenvalue weighted by Gasteiger charge is 2.22. The molecule has 1 aromatic rings. The van der Waals surface area contributed by atoms with E-state index in [2.05, 4.69) is 18.7 Å². The van der Waals surface area contributed by atoms with Crippen LogP contribution in [-0.4, -0.2) is 37.0 Å². The van der Waals surface area contributed by atoms with Crippen molar-refractivity contribution >= 4 is 17.4 Å². The molecule has 0 atom stereocenters. The van der Waals surface area contributed by atoms with Crippen molar-refractivity contribution in [2.24, 2.45) is 5.73 Å². The van der Waals surface area contributed by atoms with E-state index in [1.54, 1.807) is 18.2 Å². The third-order valence-corrected chi connectivity index (χ3v) is 3.26. The second-order valence-electron chi connectivity index (χ2n) is 5.05. The van der Waals surface area contributed by atoms with Crippen molar-refractivity contribution in [3.05, 3.63) is 28.8 Å². The van der Waals surface area contributed by atoms with Gasteiger partial charge in [0.25, 0.3) is 0 Å². The van der Waals surface area contributed by atoms with Gasteiger partial charge in [-0.1, -0.05) is 11.6 Å². The van der Waals surface area contributed by atoms with E-state index in [1.807, 2.05) is 14.1 Å². The SMILES string of the molecule is CN(C)C(C)(C)COc1cc(Cl)ccc1C(=N)N. The predicted octanol–water partition coefficient (Wildman–Crippen LogP) is 2.34. The van der Waals surface area contributed by atoms with E-state index in [0.717, 1.165) is 0 Å². The van der Waals surface area contributed by atoms with Gasteiger partial charge in [-0.3, -0.25) is 5.41 Å². The van der Waals surface area contributed by atoms with Gasteiger partial charge in [-0.2, -0.15) is 0 Å². The van der Waals surface area contributed by atoms with Crippen LogP contribution in [0, 0.1) is 5.41 Å². The second-order valence-corrected chi connectivity index (χ2v) is 5.49. The lowest BCUT2D eigenvalue weighted by Crippen LogP contribution is -2.43. The number of hydrogen-bond acceptors (Lipinski definition) is 3. The standard InChI is InChI=1S/C13H20ClN3O/c1-13(2,17(3)4)8-18-11-7-9(14)5-6-10(11)12(15)16/h5-7H,8H2,1-4H3,(H3,15,16). The van der Waals surface area contributed by atoms with Crippen LogP contribution in [0.4, 0.5) is 0 Å². The maximum atomic E-state index is 7.51. The van der Waals surface area contributed by atoms with E-state index in [-0.39, 0.29) is 11.4 Å². The normalized spacial score (nSPS) is 11.7. The number of rotatable bonds is 5. The average Bonchev–Trinajstić information content (AvgIpc) is 2.26. The summed E-state index contributed by atoms with van der Waals surface area (Å²) in [5.41, 5.74) is 5.96. The molecule has 0 aliphatic rings. The minimum Gasteiger partial charge on any atom is -0.491 e. The summed E-state index contributed by atoms with van der Waals surface area (Å²) in [6.07, 6.45) is 0. The number of likely N-dealkylation sites (N-methyl/N-ethyl adjacent to an activating group) is 1. The van der Waals surface area contributed by atoms with Crippen LogP contribution in [-0.2, 0) is 0 Å². The van der Waals surface area contributed by atoms with Crippen molar-refractivity contribution in [3.63, 3.8) is 0 Å². The summed E-state index contributed by atoms with van der Waals surface area (Å²) in [5, 5.41) is 8.08. The topological polar surface area (TPSA) is 62.3 Å². The summed E-state index contributed by atoms with van der Waals surface area (Å²) in [5.74, 6) is 0.522. The van der Waals surface area contributed by atoms with E-state index >= 15 is 0 Å². The summed E-state index contributed by atoms with van der Waals surface area (Å²) in [7, 11) is 3.99. The molecular weight excluding hydrogens is 250 g/mol. The molecule has 0 bridgehead atoms. The quantitative estimate of drug-likeness (QED) is 0.637. The van der Waals surface area contributed by atoms with E-state index in [9.17, 15) is 0 Å². The molecule has 0 radical (unpaired) electrons.